The molecule has 0 unspecified atom stereocenters. The molecule has 2 aliphatic rings. The number of pyridine rings is 1. The van der Waals surface area contributed by atoms with Crippen molar-refractivity contribution in [3.63, 3.8) is 0 Å². The van der Waals surface area contributed by atoms with E-state index in [9.17, 15) is 9.59 Å². The van der Waals surface area contributed by atoms with Crippen LogP contribution in [0.25, 0.3) is 11.1 Å². The Kier molecular flexibility index (Phi) is 9.26. The lowest BCUT2D eigenvalue weighted by Crippen LogP contribution is -2.33. The quantitative estimate of drug-likeness (QED) is 0.230. The summed E-state index contributed by atoms with van der Waals surface area (Å²) in [6.45, 7) is 5.79. The van der Waals surface area contributed by atoms with Crippen molar-refractivity contribution in [2.75, 3.05) is 43.2 Å². The molecule has 0 spiro atoms. The van der Waals surface area contributed by atoms with E-state index in [4.69, 9.17) is 15.2 Å². The average Bonchev–Trinajstić information content (AvgIpc) is 3.55. The fraction of sp³-hybridized carbons (Fsp3) is 0.306. The Hall–Kier alpha value is -4.89. The molecule has 45 heavy (non-hydrogen) atoms. The van der Waals surface area contributed by atoms with Crippen molar-refractivity contribution >= 4 is 23.2 Å². The van der Waals surface area contributed by atoms with Crippen LogP contribution in [0.15, 0.2) is 85.2 Å². The second kappa shape index (κ2) is 13.8. The largest absolute Gasteiger partial charge is 0.454 e. The number of aromatic nitrogens is 1. The molecule has 0 bridgehead atoms. The molecule has 2 amide bonds. The number of nitrogens with zero attached hydrogens (tertiary/aromatic N) is 3. The van der Waals surface area contributed by atoms with Crippen molar-refractivity contribution in [2.45, 2.75) is 32.7 Å². The Labute approximate surface area is 264 Å². The van der Waals surface area contributed by atoms with Crippen LogP contribution in [0.1, 0.15) is 52.5 Å². The maximum absolute atomic E-state index is 13.6. The molecular weight excluding hydrogens is 566 g/mol. The van der Waals surface area contributed by atoms with Crippen molar-refractivity contribution in [1.29, 1.82) is 0 Å². The standard InChI is InChI=1S/C36H39N5O4/c1-25-12-18-40(19-13-25)32-8-6-29(21-31(32)39-35(42)27-10-15-38-16-11-27)28-5-2-4-26(20-28)23-41(17-3-14-37)36(43)30-7-9-33-34(22-30)45-24-44-33/h2,4-11,15-16,20-22,25H,3,12-14,17-19,23-24,37H2,1H3,(H,39,42). The van der Waals surface area contributed by atoms with E-state index in [0.29, 0.717) is 54.6 Å². The van der Waals surface area contributed by atoms with Crippen molar-refractivity contribution in [3.8, 4) is 22.6 Å². The number of nitrogens with one attached hydrogen (secondary N) is 1. The molecule has 0 atom stereocenters. The van der Waals surface area contributed by atoms with Crippen LogP contribution in [-0.4, -0.2) is 54.7 Å². The smallest absolute Gasteiger partial charge is 0.255 e. The number of ether oxygens (including phenoxy) is 2. The number of carbonyl (C=O) groups excluding carboxylic acids is 2. The number of nitrogens with two attached hydrogens (primary N) is 1. The fourth-order valence-corrected chi connectivity index (χ4v) is 5.86. The molecule has 2 aliphatic heterocycles. The van der Waals surface area contributed by atoms with E-state index in [1.54, 1.807) is 42.7 Å². The van der Waals surface area contributed by atoms with Gasteiger partial charge in [-0.3, -0.25) is 14.6 Å². The van der Waals surface area contributed by atoms with Gasteiger partial charge in [-0.2, -0.15) is 0 Å². The Balaban J connectivity index is 1.27. The zero-order valence-electron chi connectivity index (χ0n) is 25.6. The number of carbonyl (C=O) groups is 2. The first-order chi connectivity index (χ1) is 22.0. The molecule has 4 aromatic rings. The van der Waals surface area contributed by atoms with Crippen LogP contribution in [0.4, 0.5) is 11.4 Å². The fourth-order valence-electron chi connectivity index (χ4n) is 5.86. The highest BCUT2D eigenvalue weighted by atomic mass is 16.7. The predicted molar refractivity (Wildman–Crippen MR) is 176 cm³/mol. The molecule has 0 radical (unpaired) electrons. The Bertz CT molecular complexity index is 1650. The number of piperidine rings is 1. The monoisotopic (exact) mass is 605 g/mol. The summed E-state index contributed by atoms with van der Waals surface area (Å²) < 4.78 is 10.9. The number of benzene rings is 3. The second-order valence-corrected chi connectivity index (χ2v) is 11.7. The van der Waals surface area contributed by atoms with Gasteiger partial charge in [-0.1, -0.05) is 31.2 Å². The van der Waals surface area contributed by atoms with E-state index < -0.39 is 0 Å². The van der Waals surface area contributed by atoms with E-state index in [0.717, 1.165) is 54.0 Å². The first-order valence-electron chi connectivity index (χ1n) is 15.6. The van der Waals surface area contributed by atoms with Crippen molar-refractivity contribution < 1.29 is 19.1 Å². The number of fused-ring (bicyclic) bond motifs is 1. The SMILES string of the molecule is CC1CCN(c2ccc(-c3cccc(CN(CCCN)C(=O)c4ccc5c(c4)OCO5)c3)cc2NC(=O)c2ccncc2)CC1. The van der Waals surface area contributed by atoms with Gasteiger partial charge in [0, 0.05) is 49.7 Å². The van der Waals surface area contributed by atoms with E-state index in [2.05, 4.69) is 52.5 Å². The first-order valence-corrected chi connectivity index (χ1v) is 15.6. The summed E-state index contributed by atoms with van der Waals surface area (Å²) in [5.74, 6) is 1.65. The van der Waals surface area contributed by atoms with E-state index in [-0.39, 0.29) is 18.6 Å². The van der Waals surface area contributed by atoms with E-state index >= 15 is 0 Å². The number of anilines is 2. The predicted octanol–water partition coefficient (Wildman–Crippen LogP) is 5.96. The molecule has 9 nitrogen and oxygen atoms in total. The van der Waals surface area contributed by atoms with Gasteiger partial charge < -0.3 is 30.3 Å². The highest BCUT2D eigenvalue weighted by molar-refractivity contribution is 6.06. The zero-order valence-corrected chi connectivity index (χ0v) is 25.6. The summed E-state index contributed by atoms with van der Waals surface area (Å²) in [6, 6.07) is 23.2. The molecule has 1 aromatic heterocycles. The van der Waals surface area contributed by atoms with Crippen LogP contribution in [0.2, 0.25) is 0 Å². The molecule has 6 rings (SSSR count). The third-order valence-electron chi connectivity index (χ3n) is 8.48. The van der Waals surface area contributed by atoms with Crippen LogP contribution in [0, 0.1) is 5.92 Å². The molecule has 1 saturated heterocycles. The highest BCUT2D eigenvalue weighted by Crippen LogP contribution is 2.35. The Morgan fingerprint density at radius 3 is 2.51 bits per heavy atom. The topological polar surface area (TPSA) is 110 Å². The Morgan fingerprint density at radius 1 is 0.933 bits per heavy atom. The van der Waals surface area contributed by atoms with Crippen LogP contribution >= 0.6 is 0 Å². The molecule has 232 valence electrons. The summed E-state index contributed by atoms with van der Waals surface area (Å²) in [5.41, 5.74) is 11.7. The third kappa shape index (κ3) is 7.10. The van der Waals surface area contributed by atoms with Gasteiger partial charge >= 0.3 is 0 Å². The van der Waals surface area contributed by atoms with Crippen LogP contribution in [0.5, 0.6) is 11.5 Å². The summed E-state index contributed by atoms with van der Waals surface area (Å²) in [7, 11) is 0. The normalized spacial score (nSPS) is 14.3. The molecule has 3 N–H and O–H groups in total. The molecule has 3 aromatic carbocycles. The van der Waals surface area contributed by atoms with Crippen molar-refractivity contribution in [3.05, 3.63) is 102 Å². The minimum absolute atomic E-state index is 0.0894. The summed E-state index contributed by atoms with van der Waals surface area (Å²) >= 11 is 0. The van der Waals surface area contributed by atoms with Crippen LogP contribution in [0.3, 0.4) is 0 Å². The van der Waals surface area contributed by atoms with Gasteiger partial charge in [0.1, 0.15) is 0 Å². The number of amides is 2. The maximum Gasteiger partial charge on any atom is 0.255 e. The molecule has 0 saturated carbocycles. The summed E-state index contributed by atoms with van der Waals surface area (Å²) in [6.07, 6.45) is 6.17. The van der Waals surface area contributed by atoms with E-state index in [1.165, 1.54) is 0 Å². The maximum atomic E-state index is 13.6. The van der Waals surface area contributed by atoms with Crippen molar-refractivity contribution in [1.82, 2.24) is 9.88 Å². The minimum atomic E-state index is -0.174. The second-order valence-electron chi connectivity index (χ2n) is 11.7. The van der Waals surface area contributed by atoms with Gasteiger partial charge in [-0.05, 0) is 96.9 Å². The lowest BCUT2D eigenvalue weighted by atomic mass is 9.97. The van der Waals surface area contributed by atoms with Crippen LogP contribution < -0.4 is 25.4 Å². The third-order valence-corrected chi connectivity index (χ3v) is 8.48. The molecule has 3 heterocycles. The van der Waals surface area contributed by atoms with Gasteiger partial charge in [0.25, 0.3) is 11.8 Å². The first kappa shape index (κ1) is 30.1. The number of hydrogen-bond acceptors (Lipinski definition) is 7. The zero-order chi connectivity index (χ0) is 31.2. The minimum Gasteiger partial charge on any atom is -0.454 e. The Morgan fingerprint density at radius 2 is 1.71 bits per heavy atom. The van der Waals surface area contributed by atoms with Gasteiger partial charge in [0.2, 0.25) is 6.79 Å². The van der Waals surface area contributed by atoms with Gasteiger partial charge in [0.15, 0.2) is 11.5 Å². The average molecular weight is 606 g/mol. The highest BCUT2D eigenvalue weighted by Gasteiger charge is 2.22. The van der Waals surface area contributed by atoms with Crippen LogP contribution in [-0.2, 0) is 6.54 Å². The van der Waals surface area contributed by atoms with Gasteiger partial charge in [-0.25, -0.2) is 0 Å². The summed E-state index contributed by atoms with van der Waals surface area (Å²) in [5, 5.41) is 3.17. The van der Waals surface area contributed by atoms with Gasteiger partial charge in [0.05, 0.1) is 11.4 Å². The summed E-state index contributed by atoms with van der Waals surface area (Å²) in [4.78, 5) is 35.1. The number of hydrogen-bond donors (Lipinski definition) is 2. The molecule has 1 fully saturated rings. The number of rotatable bonds is 10. The van der Waals surface area contributed by atoms with Crippen molar-refractivity contribution in [2.24, 2.45) is 11.7 Å². The van der Waals surface area contributed by atoms with Gasteiger partial charge in [-0.15, -0.1) is 0 Å². The molecule has 9 heteroatoms. The molecule has 0 aliphatic carbocycles. The lowest BCUT2D eigenvalue weighted by Gasteiger charge is -2.33. The molecular formula is C36H39N5O4. The lowest BCUT2D eigenvalue weighted by molar-refractivity contribution is 0.0741. The van der Waals surface area contributed by atoms with E-state index in [1.807, 2.05) is 17.0 Å².